The first-order chi connectivity index (χ1) is 13.2. The summed E-state index contributed by atoms with van der Waals surface area (Å²) in [5, 5.41) is 8.07. The number of sulfonamides is 1. The molecule has 1 heterocycles. The maximum atomic E-state index is 12.7. The molecule has 0 amide bonds. The summed E-state index contributed by atoms with van der Waals surface area (Å²) in [6.45, 7) is 3.67. The Morgan fingerprint density at radius 1 is 1.25 bits per heavy atom. The number of hydrogen-bond acceptors (Lipinski definition) is 8. The number of aromatic nitrogens is 2. The zero-order chi connectivity index (χ0) is 20.8. The molecule has 0 aliphatic carbocycles. The smallest absolute Gasteiger partial charge is 0.492 e. The molecule has 154 valence electrons. The third kappa shape index (κ3) is 5.90. The van der Waals surface area contributed by atoms with Gasteiger partial charge in [0.1, 0.15) is 17.4 Å². The van der Waals surface area contributed by atoms with Gasteiger partial charge in [-0.25, -0.2) is 8.42 Å². The summed E-state index contributed by atoms with van der Waals surface area (Å²) in [6, 6.07) is 6.91. The number of alkyl halides is 1. The molecule has 2 rings (SSSR count). The van der Waals surface area contributed by atoms with E-state index in [4.69, 9.17) is 25.8 Å². The summed E-state index contributed by atoms with van der Waals surface area (Å²) in [5.41, 5.74) is -0.835. The first-order valence-electron chi connectivity index (χ1n) is 8.27. The average Bonchev–Trinajstić information content (AvgIpc) is 3.17. The molecular formula is C15H20ClN3O6PS2+. The highest BCUT2D eigenvalue weighted by Crippen LogP contribution is 2.33. The van der Waals surface area contributed by atoms with E-state index in [1.165, 1.54) is 0 Å². The molecule has 0 saturated heterocycles. The Hall–Kier alpha value is -1.20. The second kappa shape index (κ2) is 10.0. The molecule has 1 aromatic heterocycles. The predicted molar refractivity (Wildman–Crippen MR) is 106 cm³/mol. The lowest BCUT2D eigenvalue weighted by molar-refractivity contribution is 0.0455. The average molecular weight is 469 g/mol. The van der Waals surface area contributed by atoms with Gasteiger partial charge in [0.25, 0.3) is 10.0 Å². The van der Waals surface area contributed by atoms with E-state index < -0.39 is 24.0 Å². The van der Waals surface area contributed by atoms with Crippen molar-refractivity contribution in [2.45, 2.75) is 36.8 Å². The Labute approximate surface area is 173 Å². The highest BCUT2D eigenvalue weighted by Gasteiger charge is 2.42. The summed E-state index contributed by atoms with van der Waals surface area (Å²) in [7, 11) is -7.09. The SMILES string of the molecule is CCC(CC)(NS(=O)(=O)c1nnc(-c2ccc(OCCCl)cc2)s1)O[P+](=O)O. The fraction of sp³-hybridized carbons (Fsp3) is 0.467. The third-order valence-electron chi connectivity index (χ3n) is 3.80. The molecule has 0 spiro atoms. The Balaban J connectivity index is 2.22. The molecule has 2 N–H and O–H groups in total. The van der Waals surface area contributed by atoms with Crippen molar-refractivity contribution in [3.63, 3.8) is 0 Å². The Morgan fingerprint density at radius 3 is 2.43 bits per heavy atom. The molecule has 1 unspecified atom stereocenters. The van der Waals surface area contributed by atoms with E-state index in [1.807, 2.05) is 0 Å². The Bertz CT molecular complexity index is 903. The quantitative estimate of drug-likeness (QED) is 0.292. The maximum absolute atomic E-state index is 12.7. The molecule has 1 atom stereocenters. The van der Waals surface area contributed by atoms with Crippen LogP contribution in [0, 0.1) is 0 Å². The van der Waals surface area contributed by atoms with Crippen LogP contribution < -0.4 is 9.46 Å². The summed E-state index contributed by atoms with van der Waals surface area (Å²) in [4.78, 5) is 9.06. The van der Waals surface area contributed by atoms with Gasteiger partial charge in [-0.15, -0.1) is 26.7 Å². The maximum Gasteiger partial charge on any atom is 0.696 e. The summed E-state index contributed by atoms with van der Waals surface area (Å²) in [5.74, 6) is 1.01. The minimum absolute atomic E-state index is 0.153. The second-order valence-corrected chi connectivity index (χ2v) is 9.44. The fourth-order valence-electron chi connectivity index (χ4n) is 2.27. The van der Waals surface area contributed by atoms with Crippen LogP contribution >= 0.6 is 31.2 Å². The predicted octanol–water partition coefficient (Wildman–Crippen LogP) is 3.28. The minimum Gasteiger partial charge on any atom is -0.492 e. The number of benzene rings is 1. The van der Waals surface area contributed by atoms with Gasteiger partial charge in [-0.2, -0.15) is 4.72 Å². The largest absolute Gasteiger partial charge is 0.696 e. The van der Waals surface area contributed by atoms with Gasteiger partial charge in [-0.05, 0) is 37.1 Å². The lowest BCUT2D eigenvalue weighted by atomic mass is 10.1. The molecule has 1 aromatic carbocycles. The molecule has 9 nitrogen and oxygen atoms in total. The van der Waals surface area contributed by atoms with Crippen LogP contribution in [0.2, 0.25) is 0 Å². The van der Waals surface area contributed by atoms with Crippen molar-refractivity contribution >= 4 is 41.2 Å². The molecule has 0 aliphatic rings. The van der Waals surface area contributed by atoms with E-state index in [2.05, 4.69) is 14.9 Å². The van der Waals surface area contributed by atoms with Gasteiger partial charge in [0.2, 0.25) is 4.34 Å². The molecule has 0 fully saturated rings. The number of hydrogen-bond donors (Lipinski definition) is 2. The molecule has 0 aliphatic heterocycles. The minimum atomic E-state index is -4.10. The van der Waals surface area contributed by atoms with Crippen molar-refractivity contribution < 1.29 is 27.1 Å². The van der Waals surface area contributed by atoms with E-state index in [-0.39, 0.29) is 17.2 Å². The van der Waals surface area contributed by atoms with E-state index in [1.54, 1.807) is 38.1 Å². The van der Waals surface area contributed by atoms with Gasteiger partial charge in [0, 0.05) is 10.1 Å². The van der Waals surface area contributed by atoms with Gasteiger partial charge >= 0.3 is 8.25 Å². The number of nitrogens with zero attached hydrogens (tertiary/aromatic N) is 2. The highest BCUT2D eigenvalue weighted by atomic mass is 35.5. The molecule has 13 heteroatoms. The first-order valence-corrected chi connectivity index (χ1v) is 12.2. The van der Waals surface area contributed by atoms with Gasteiger partial charge in [-0.1, -0.05) is 29.7 Å². The highest BCUT2D eigenvalue weighted by molar-refractivity contribution is 7.91. The Morgan fingerprint density at radius 2 is 1.89 bits per heavy atom. The number of nitrogens with one attached hydrogen (secondary N) is 1. The Kier molecular flexibility index (Phi) is 8.26. The number of halogens is 1. The van der Waals surface area contributed by atoms with Crippen LogP contribution in [0.1, 0.15) is 26.7 Å². The van der Waals surface area contributed by atoms with Crippen LogP contribution in [0.4, 0.5) is 0 Å². The second-order valence-electron chi connectivity index (χ2n) is 5.57. The van der Waals surface area contributed by atoms with Crippen molar-refractivity contribution in [2.24, 2.45) is 0 Å². The van der Waals surface area contributed by atoms with Gasteiger partial charge < -0.3 is 4.74 Å². The zero-order valence-electron chi connectivity index (χ0n) is 15.2. The van der Waals surface area contributed by atoms with Crippen LogP contribution in [0.15, 0.2) is 28.6 Å². The summed E-state index contributed by atoms with van der Waals surface area (Å²) >= 11 is 6.45. The van der Waals surface area contributed by atoms with Gasteiger partial charge in [0.05, 0.1) is 5.88 Å². The fourth-order valence-corrected chi connectivity index (χ4v) is 5.45. The molecule has 0 saturated carbocycles. The third-order valence-corrected chi connectivity index (χ3v) is 7.32. The molecular weight excluding hydrogens is 449 g/mol. The van der Waals surface area contributed by atoms with E-state index in [0.29, 0.717) is 28.8 Å². The van der Waals surface area contributed by atoms with Crippen molar-refractivity contribution in [3.8, 4) is 16.3 Å². The topological polar surface area (TPSA) is 128 Å². The first kappa shape index (κ1) is 23.1. The van der Waals surface area contributed by atoms with Crippen LogP contribution in [-0.4, -0.2) is 41.7 Å². The van der Waals surface area contributed by atoms with Crippen molar-refractivity contribution in [1.82, 2.24) is 14.9 Å². The van der Waals surface area contributed by atoms with Gasteiger partial charge in [-0.3, -0.25) is 0 Å². The van der Waals surface area contributed by atoms with E-state index >= 15 is 0 Å². The molecule has 0 radical (unpaired) electrons. The normalized spacial score (nSPS) is 12.8. The molecule has 2 aromatic rings. The van der Waals surface area contributed by atoms with Crippen LogP contribution in [0.3, 0.4) is 0 Å². The van der Waals surface area contributed by atoms with Crippen molar-refractivity contribution in [1.29, 1.82) is 0 Å². The molecule has 0 bridgehead atoms. The van der Waals surface area contributed by atoms with Crippen LogP contribution in [-0.2, 0) is 19.1 Å². The number of rotatable bonds is 11. The summed E-state index contributed by atoms with van der Waals surface area (Å²) < 4.78 is 48.8. The van der Waals surface area contributed by atoms with E-state index in [9.17, 15) is 13.0 Å². The summed E-state index contributed by atoms with van der Waals surface area (Å²) in [6.07, 6.45) is 0.305. The molecule has 28 heavy (non-hydrogen) atoms. The number of ether oxygens (including phenoxy) is 1. The zero-order valence-corrected chi connectivity index (χ0v) is 18.4. The standard InChI is InChI=1S/C15H19ClN3O6PS2/c1-3-15(4-2,25-26(20)21)19-28(22,23)14-18-17-13(27-14)11-5-7-12(8-6-11)24-10-9-16/h5-8,19H,3-4,9-10H2,1-2H3/p+1. The van der Waals surface area contributed by atoms with Crippen molar-refractivity contribution in [2.75, 3.05) is 12.5 Å². The lowest BCUT2D eigenvalue weighted by Crippen LogP contribution is -2.48. The van der Waals surface area contributed by atoms with E-state index in [0.717, 1.165) is 11.3 Å². The monoisotopic (exact) mass is 468 g/mol. The lowest BCUT2D eigenvalue weighted by Gasteiger charge is -2.24. The van der Waals surface area contributed by atoms with Gasteiger partial charge in [0.15, 0.2) is 5.72 Å². The van der Waals surface area contributed by atoms with Crippen molar-refractivity contribution in [3.05, 3.63) is 24.3 Å². The van der Waals surface area contributed by atoms with Crippen LogP contribution in [0.5, 0.6) is 5.75 Å². The van der Waals surface area contributed by atoms with Crippen LogP contribution in [0.25, 0.3) is 10.6 Å².